The number of aromatic nitrogens is 2. The predicted molar refractivity (Wildman–Crippen MR) is 107 cm³/mol. The van der Waals surface area contributed by atoms with Gasteiger partial charge in [-0.1, -0.05) is 18.2 Å². The number of H-pyrrole nitrogens is 1. The quantitative estimate of drug-likeness (QED) is 0.646. The molecule has 1 N–H and O–H groups in total. The van der Waals surface area contributed by atoms with Crippen molar-refractivity contribution in [2.75, 3.05) is 40.3 Å². The van der Waals surface area contributed by atoms with Crippen LogP contribution in [0.3, 0.4) is 0 Å². The number of imidazole rings is 1. The monoisotopic (exact) mass is 373 g/mol. The van der Waals surface area contributed by atoms with Gasteiger partial charge in [0.25, 0.3) is 0 Å². The van der Waals surface area contributed by atoms with E-state index in [9.17, 15) is 0 Å². The minimum atomic E-state index is -0.235. The number of ether oxygens (including phenoxy) is 3. The summed E-state index contributed by atoms with van der Waals surface area (Å²) in [5, 5.41) is -0.235. The zero-order chi connectivity index (χ0) is 18.8. The van der Waals surface area contributed by atoms with Gasteiger partial charge in [0.15, 0.2) is 11.5 Å². The van der Waals surface area contributed by atoms with E-state index < -0.39 is 0 Å². The molecule has 26 heavy (non-hydrogen) atoms. The van der Waals surface area contributed by atoms with Crippen molar-refractivity contribution in [2.45, 2.75) is 5.25 Å². The van der Waals surface area contributed by atoms with Gasteiger partial charge in [0.05, 0.1) is 26.6 Å². The van der Waals surface area contributed by atoms with Crippen LogP contribution in [-0.2, 0) is 0 Å². The number of fused-ring (bicyclic) bond motifs is 1. The summed E-state index contributed by atoms with van der Waals surface area (Å²) in [4.78, 5) is 10.1. The van der Waals surface area contributed by atoms with Crippen LogP contribution in [0.15, 0.2) is 30.3 Å². The van der Waals surface area contributed by atoms with E-state index >= 15 is 0 Å². The van der Waals surface area contributed by atoms with E-state index in [0.29, 0.717) is 28.6 Å². The minimum absolute atomic E-state index is 0.235. The summed E-state index contributed by atoms with van der Waals surface area (Å²) in [5.41, 5.74) is 3.55. The lowest BCUT2D eigenvalue weighted by Gasteiger charge is -2.20. The Labute approximate surface area is 158 Å². The molecule has 0 spiro atoms. The second kappa shape index (κ2) is 7.37. The molecular formula is C19H23N3O3S. The van der Waals surface area contributed by atoms with Crippen LogP contribution >= 0.6 is 12.6 Å². The number of anilines is 1. The number of aromatic amines is 1. The van der Waals surface area contributed by atoms with Crippen LogP contribution in [0.25, 0.3) is 11.0 Å². The highest BCUT2D eigenvalue weighted by molar-refractivity contribution is 7.80. The molecule has 0 saturated heterocycles. The molecular weight excluding hydrogens is 350 g/mol. The maximum Gasteiger partial charge on any atom is 0.189 e. The second-order valence-corrected chi connectivity index (χ2v) is 6.53. The second-order valence-electron chi connectivity index (χ2n) is 6.02. The zero-order valence-electron chi connectivity index (χ0n) is 15.5. The van der Waals surface area contributed by atoms with Gasteiger partial charge in [-0.25, -0.2) is 4.98 Å². The number of rotatable bonds is 6. The third-order valence-corrected chi connectivity index (χ3v) is 4.81. The highest BCUT2D eigenvalue weighted by Crippen LogP contribution is 2.42. The third-order valence-electron chi connectivity index (χ3n) is 4.29. The summed E-state index contributed by atoms with van der Waals surface area (Å²) >= 11 is 4.83. The van der Waals surface area contributed by atoms with Crippen molar-refractivity contribution < 1.29 is 14.2 Å². The number of hydrogen-bond acceptors (Lipinski definition) is 6. The normalized spacial score (nSPS) is 12.1. The molecule has 3 aromatic rings. The highest BCUT2D eigenvalue weighted by atomic mass is 32.1. The lowest BCUT2D eigenvalue weighted by Crippen LogP contribution is -2.12. The van der Waals surface area contributed by atoms with Crippen LogP contribution in [0.4, 0.5) is 5.69 Å². The van der Waals surface area contributed by atoms with Crippen LogP contribution in [0.5, 0.6) is 17.2 Å². The van der Waals surface area contributed by atoms with Crippen molar-refractivity contribution in [1.82, 2.24) is 9.97 Å². The number of nitrogens with one attached hydrogen (secondary N) is 1. The maximum absolute atomic E-state index is 5.51. The van der Waals surface area contributed by atoms with Gasteiger partial charge >= 0.3 is 0 Å². The van der Waals surface area contributed by atoms with E-state index in [1.165, 1.54) is 0 Å². The number of methoxy groups -OCH3 is 3. The molecule has 3 rings (SSSR count). The molecule has 1 aromatic heterocycles. The number of hydrogen-bond donors (Lipinski definition) is 2. The van der Waals surface area contributed by atoms with Gasteiger partial charge in [-0.15, -0.1) is 0 Å². The van der Waals surface area contributed by atoms with E-state index in [2.05, 4.69) is 22.0 Å². The summed E-state index contributed by atoms with van der Waals surface area (Å²) in [6.07, 6.45) is 0. The molecule has 0 aliphatic rings. The summed E-state index contributed by atoms with van der Waals surface area (Å²) in [6.45, 7) is 0. The van der Waals surface area contributed by atoms with E-state index in [-0.39, 0.29) is 5.25 Å². The first kappa shape index (κ1) is 18.3. The summed E-state index contributed by atoms with van der Waals surface area (Å²) < 4.78 is 16.4. The van der Waals surface area contributed by atoms with Gasteiger partial charge in [-0.2, -0.15) is 12.6 Å². The summed E-state index contributed by atoms with van der Waals surface area (Å²) in [5.74, 6) is 2.48. The molecule has 1 atom stereocenters. The van der Waals surface area contributed by atoms with E-state index in [1.807, 2.05) is 26.2 Å². The van der Waals surface area contributed by atoms with E-state index in [4.69, 9.17) is 31.8 Å². The molecule has 138 valence electrons. The molecule has 0 saturated carbocycles. The van der Waals surface area contributed by atoms with Gasteiger partial charge < -0.3 is 24.1 Å². The predicted octanol–water partition coefficient (Wildman–Crippen LogP) is 3.67. The Kier molecular flexibility index (Phi) is 5.18. The van der Waals surface area contributed by atoms with Crippen molar-refractivity contribution in [3.63, 3.8) is 0 Å². The zero-order valence-corrected chi connectivity index (χ0v) is 16.4. The van der Waals surface area contributed by atoms with Crippen molar-refractivity contribution in [3.05, 3.63) is 41.7 Å². The fourth-order valence-electron chi connectivity index (χ4n) is 3.02. The first-order chi connectivity index (χ1) is 12.5. The molecule has 0 aliphatic carbocycles. The molecule has 2 aromatic carbocycles. The largest absolute Gasteiger partial charge is 0.494 e. The molecule has 0 fully saturated rings. The minimum Gasteiger partial charge on any atom is -0.494 e. The Morgan fingerprint density at radius 1 is 1.04 bits per heavy atom. The lowest BCUT2D eigenvalue weighted by molar-refractivity contribution is 0.353. The maximum atomic E-state index is 5.51. The molecule has 1 heterocycles. The molecule has 7 heteroatoms. The smallest absolute Gasteiger partial charge is 0.189 e. The fraction of sp³-hybridized carbons (Fsp3) is 0.316. The average Bonchev–Trinajstić information content (AvgIpc) is 3.11. The number of nitrogens with zero attached hydrogens (tertiary/aromatic N) is 2. The van der Waals surface area contributed by atoms with Crippen LogP contribution < -0.4 is 19.1 Å². The van der Waals surface area contributed by atoms with E-state index in [0.717, 1.165) is 16.8 Å². The number of benzene rings is 2. The van der Waals surface area contributed by atoms with Crippen LogP contribution in [0.1, 0.15) is 16.6 Å². The van der Waals surface area contributed by atoms with Gasteiger partial charge in [0, 0.05) is 25.8 Å². The van der Waals surface area contributed by atoms with Crippen LogP contribution in [0.2, 0.25) is 0 Å². The average molecular weight is 373 g/mol. The molecule has 6 nitrogen and oxygen atoms in total. The highest BCUT2D eigenvalue weighted by Gasteiger charge is 2.23. The van der Waals surface area contributed by atoms with Crippen molar-refractivity contribution >= 4 is 29.3 Å². The Morgan fingerprint density at radius 2 is 1.73 bits per heavy atom. The van der Waals surface area contributed by atoms with Gasteiger partial charge in [0.1, 0.15) is 22.6 Å². The fourth-order valence-corrected chi connectivity index (χ4v) is 3.36. The molecule has 0 aliphatic heterocycles. The van der Waals surface area contributed by atoms with E-state index in [1.54, 1.807) is 27.4 Å². The summed E-state index contributed by atoms with van der Waals surface area (Å²) in [7, 11) is 8.81. The Morgan fingerprint density at radius 3 is 2.35 bits per heavy atom. The molecule has 0 radical (unpaired) electrons. The van der Waals surface area contributed by atoms with Crippen LogP contribution in [0, 0.1) is 0 Å². The standard InChI is InChI=1S/C19H23N3O3S/c1-22(2)12-9-7-6-8-11(12)18(26)19-20-15-13(23-3)10-14(24-4)17(25-5)16(15)21-19/h6-10,18,26H,1-5H3,(H,20,21). The van der Waals surface area contributed by atoms with Crippen molar-refractivity contribution in [1.29, 1.82) is 0 Å². The Hall–Kier alpha value is -2.54. The number of para-hydroxylation sites is 1. The topological polar surface area (TPSA) is 59.6 Å². The Balaban J connectivity index is 2.18. The molecule has 1 unspecified atom stereocenters. The van der Waals surface area contributed by atoms with Crippen molar-refractivity contribution in [2.24, 2.45) is 0 Å². The summed E-state index contributed by atoms with van der Waals surface area (Å²) in [6, 6.07) is 9.90. The first-order valence-electron chi connectivity index (χ1n) is 8.14. The first-order valence-corrected chi connectivity index (χ1v) is 8.66. The lowest BCUT2D eigenvalue weighted by atomic mass is 10.1. The molecule has 0 bridgehead atoms. The van der Waals surface area contributed by atoms with Crippen molar-refractivity contribution in [3.8, 4) is 17.2 Å². The van der Waals surface area contributed by atoms with Gasteiger partial charge in [-0.05, 0) is 11.6 Å². The number of thiol groups is 1. The van der Waals surface area contributed by atoms with Gasteiger partial charge in [0.2, 0.25) is 0 Å². The Bertz CT molecular complexity index is 924. The SMILES string of the molecule is COc1cc(OC)c2[nH]c(C(S)c3ccccc3N(C)C)nc2c1OC. The molecule has 0 amide bonds. The third kappa shape index (κ3) is 3.03. The van der Waals surface area contributed by atoms with Gasteiger partial charge in [-0.3, -0.25) is 0 Å². The van der Waals surface area contributed by atoms with Crippen LogP contribution in [-0.4, -0.2) is 45.4 Å².